The molecule has 0 spiro atoms. The van der Waals surface area contributed by atoms with Gasteiger partial charge in [0.05, 0.1) is 19.8 Å². The molecule has 0 aliphatic carbocycles. The van der Waals surface area contributed by atoms with Crippen LogP contribution in [0.25, 0.3) is 0 Å². The first-order valence-electron chi connectivity index (χ1n) is 5.94. The van der Waals surface area contributed by atoms with E-state index in [2.05, 4.69) is 24.0 Å². The molecule has 96 valence electrons. The van der Waals surface area contributed by atoms with Crippen molar-refractivity contribution in [3.05, 3.63) is 30.3 Å². The minimum Gasteiger partial charge on any atom is -0.394 e. The number of hydrogen-bond acceptors (Lipinski definition) is 4. The summed E-state index contributed by atoms with van der Waals surface area (Å²) < 4.78 is 5.29. The molecule has 1 atom stereocenters. The lowest BCUT2D eigenvalue weighted by molar-refractivity contribution is 0.00844. The van der Waals surface area contributed by atoms with Crippen molar-refractivity contribution in [3.8, 4) is 0 Å². The maximum absolute atomic E-state index is 9.11. The van der Waals surface area contributed by atoms with Crippen LogP contribution in [0.1, 0.15) is 6.92 Å². The number of ether oxygens (including phenoxy) is 1. The van der Waals surface area contributed by atoms with E-state index in [0.29, 0.717) is 6.61 Å². The molecule has 0 heterocycles. The summed E-state index contributed by atoms with van der Waals surface area (Å²) in [5.41, 5.74) is 1.17. The maximum Gasteiger partial charge on any atom is 0.100 e. The molecule has 1 aromatic rings. The summed E-state index contributed by atoms with van der Waals surface area (Å²) in [5, 5.41) is 17.7. The summed E-state index contributed by atoms with van der Waals surface area (Å²) in [4.78, 5) is 2.20. The third-order valence-electron chi connectivity index (χ3n) is 2.53. The molecular weight excluding hydrogens is 218 g/mol. The quantitative estimate of drug-likeness (QED) is 0.661. The highest BCUT2D eigenvalue weighted by atomic mass is 16.5. The van der Waals surface area contributed by atoms with Gasteiger partial charge in [-0.15, -0.1) is 0 Å². The molecule has 0 fully saturated rings. The molecule has 4 heteroatoms. The molecule has 0 aromatic heterocycles. The molecule has 0 aliphatic rings. The Hall–Kier alpha value is -1.10. The summed E-state index contributed by atoms with van der Waals surface area (Å²) in [7, 11) is 0. The maximum atomic E-state index is 9.11. The third kappa shape index (κ3) is 5.17. The highest BCUT2D eigenvalue weighted by Gasteiger charge is 2.05. The highest BCUT2D eigenvalue weighted by Crippen LogP contribution is 2.11. The van der Waals surface area contributed by atoms with Gasteiger partial charge in [-0.1, -0.05) is 18.2 Å². The van der Waals surface area contributed by atoms with Gasteiger partial charge in [0.15, 0.2) is 0 Å². The molecule has 0 saturated heterocycles. The molecule has 0 aliphatic heterocycles. The van der Waals surface area contributed by atoms with Crippen LogP contribution >= 0.6 is 0 Å². The van der Waals surface area contributed by atoms with Gasteiger partial charge in [0.2, 0.25) is 0 Å². The Labute approximate surface area is 102 Å². The molecule has 1 rings (SSSR count). The molecule has 4 nitrogen and oxygen atoms in total. The van der Waals surface area contributed by atoms with E-state index < -0.39 is 6.10 Å². The van der Waals surface area contributed by atoms with Gasteiger partial charge in [0.25, 0.3) is 0 Å². The zero-order valence-corrected chi connectivity index (χ0v) is 10.2. The van der Waals surface area contributed by atoms with Crippen LogP contribution in [0.2, 0.25) is 0 Å². The Balaban J connectivity index is 2.29. The van der Waals surface area contributed by atoms with Gasteiger partial charge in [-0.05, 0) is 19.1 Å². The highest BCUT2D eigenvalue weighted by molar-refractivity contribution is 5.45. The molecule has 0 saturated carbocycles. The fourth-order valence-corrected chi connectivity index (χ4v) is 1.56. The molecule has 0 radical (unpaired) electrons. The number of para-hydroxylation sites is 1. The fraction of sp³-hybridized carbons (Fsp3) is 0.538. The van der Waals surface area contributed by atoms with Crippen molar-refractivity contribution >= 4 is 5.69 Å². The molecule has 17 heavy (non-hydrogen) atoms. The standard InChI is InChI=1S/C13H21NO3/c1-2-14(12-6-4-3-5-7-12)8-9-17-11-13(16)10-15/h3-7,13,15-16H,2,8-11H2,1H3. The predicted octanol–water partition coefficient (Wildman–Crippen LogP) is 0.883. The van der Waals surface area contributed by atoms with E-state index in [4.69, 9.17) is 14.9 Å². The number of benzene rings is 1. The zero-order chi connectivity index (χ0) is 12.5. The number of hydrogen-bond donors (Lipinski definition) is 2. The average molecular weight is 239 g/mol. The summed E-state index contributed by atoms with van der Waals surface area (Å²) in [5.74, 6) is 0. The number of aliphatic hydroxyl groups excluding tert-OH is 2. The molecule has 2 N–H and O–H groups in total. The Kier molecular flexibility index (Phi) is 6.62. The van der Waals surface area contributed by atoms with Gasteiger partial charge in [0, 0.05) is 18.8 Å². The van der Waals surface area contributed by atoms with E-state index in [9.17, 15) is 0 Å². The van der Waals surface area contributed by atoms with Gasteiger partial charge >= 0.3 is 0 Å². The number of likely N-dealkylation sites (N-methyl/N-ethyl adjacent to an activating group) is 1. The van der Waals surface area contributed by atoms with Crippen LogP contribution < -0.4 is 4.90 Å². The van der Waals surface area contributed by atoms with Crippen molar-refractivity contribution in [2.45, 2.75) is 13.0 Å². The first-order valence-corrected chi connectivity index (χ1v) is 5.94. The van der Waals surface area contributed by atoms with Gasteiger partial charge < -0.3 is 19.8 Å². The fourth-order valence-electron chi connectivity index (χ4n) is 1.56. The number of rotatable bonds is 8. The van der Waals surface area contributed by atoms with Crippen LogP contribution in [0, 0.1) is 0 Å². The lowest BCUT2D eigenvalue weighted by Crippen LogP contribution is -2.29. The van der Waals surface area contributed by atoms with Crippen LogP contribution in [0.15, 0.2) is 30.3 Å². The van der Waals surface area contributed by atoms with E-state index >= 15 is 0 Å². The summed E-state index contributed by atoms with van der Waals surface area (Å²) in [6.45, 7) is 4.25. The predicted molar refractivity (Wildman–Crippen MR) is 68.2 cm³/mol. The van der Waals surface area contributed by atoms with Crippen molar-refractivity contribution in [2.75, 3.05) is 37.8 Å². The van der Waals surface area contributed by atoms with Crippen LogP contribution in [0.3, 0.4) is 0 Å². The second-order valence-electron chi connectivity index (χ2n) is 3.83. The van der Waals surface area contributed by atoms with E-state index in [1.165, 1.54) is 5.69 Å². The zero-order valence-electron chi connectivity index (χ0n) is 10.2. The van der Waals surface area contributed by atoms with Crippen molar-refractivity contribution in [2.24, 2.45) is 0 Å². The minimum absolute atomic E-state index is 0.183. The van der Waals surface area contributed by atoms with Gasteiger partial charge in [-0.3, -0.25) is 0 Å². The second-order valence-corrected chi connectivity index (χ2v) is 3.83. The van der Waals surface area contributed by atoms with Crippen LogP contribution in [0.5, 0.6) is 0 Å². The van der Waals surface area contributed by atoms with E-state index in [1.807, 2.05) is 18.2 Å². The smallest absolute Gasteiger partial charge is 0.100 e. The van der Waals surface area contributed by atoms with Crippen molar-refractivity contribution in [3.63, 3.8) is 0 Å². The largest absolute Gasteiger partial charge is 0.394 e. The molecule has 1 unspecified atom stereocenters. The van der Waals surface area contributed by atoms with Gasteiger partial charge in [-0.25, -0.2) is 0 Å². The normalized spacial score (nSPS) is 12.4. The Bertz CT molecular complexity index is 292. The number of nitrogens with zero attached hydrogens (tertiary/aromatic N) is 1. The summed E-state index contributed by atoms with van der Waals surface area (Å²) in [6, 6.07) is 10.1. The number of aliphatic hydroxyl groups is 2. The second kappa shape index (κ2) is 8.06. The van der Waals surface area contributed by atoms with Crippen molar-refractivity contribution in [1.29, 1.82) is 0 Å². The summed E-state index contributed by atoms with van der Waals surface area (Å²) >= 11 is 0. The Morgan fingerprint density at radius 3 is 2.59 bits per heavy atom. The monoisotopic (exact) mass is 239 g/mol. The molecular formula is C13H21NO3. The van der Waals surface area contributed by atoms with Gasteiger partial charge in [0.1, 0.15) is 6.10 Å². The van der Waals surface area contributed by atoms with E-state index in [1.54, 1.807) is 0 Å². The number of anilines is 1. The Morgan fingerprint density at radius 1 is 1.29 bits per heavy atom. The molecule has 0 bridgehead atoms. The van der Waals surface area contributed by atoms with Crippen LogP contribution in [0.4, 0.5) is 5.69 Å². The van der Waals surface area contributed by atoms with Gasteiger partial charge in [-0.2, -0.15) is 0 Å². The van der Waals surface area contributed by atoms with Crippen molar-refractivity contribution < 1.29 is 14.9 Å². The molecule has 1 aromatic carbocycles. The summed E-state index contributed by atoms with van der Waals surface area (Å²) in [6.07, 6.45) is -0.776. The van der Waals surface area contributed by atoms with E-state index in [-0.39, 0.29) is 13.2 Å². The minimum atomic E-state index is -0.776. The Morgan fingerprint density at radius 2 is 2.00 bits per heavy atom. The van der Waals surface area contributed by atoms with E-state index in [0.717, 1.165) is 13.1 Å². The lowest BCUT2D eigenvalue weighted by atomic mass is 10.3. The average Bonchev–Trinajstić information content (AvgIpc) is 2.39. The third-order valence-corrected chi connectivity index (χ3v) is 2.53. The van der Waals surface area contributed by atoms with Crippen molar-refractivity contribution in [1.82, 2.24) is 0 Å². The molecule has 0 amide bonds. The first kappa shape index (κ1) is 14.0. The lowest BCUT2D eigenvalue weighted by Gasteiger charge is -2.23. The first-order chi connectivity index (χ1) is 8.27. The van der Waals surface area contributed by atoms with Crippen LogP contribution in [-0.4, -0.2) is 49.2 Å². The SMILES string of the molecule is CCN(CCOCC(O)CO)c1ccccc1. The van der Waals surface area contributed by atoms with Crippen LogP contribution in [-0.2, 0) is 4.74 Å². The topological polar surface area (TPSA) is 52.9 Å².